The van der Waals surface area contributed by atoms with Crippen LogP contribution in [-0.2, 0) is 0 Å². The van der Waals surface area contributed by atoms with E-state index >= 15 is 0 Å². The molecule has 1 aliphatic heterocycles. The Morgan fingerprint density at radius 2 is 2.22 bits per heavy atom. The number of hydrogen-bond acceptors (Lipinski definition) is 3. The van der Waals surface area contributed by atoms with Crippen LogP contribution in [0.1, 0.15) is 30.1 Å². The van der Waals surface area contributed by atoms with E-state index in [1.165, 1.54) is 12.8 Å². The second kappa shape index (κ2) is 5.29. The number of benzene rings is 1. The quantitative estimate of drug-likeness (QED) is 0.871. The van der Waals surface area contributed by atoms with Gasteiger partial charge in [-0.3, -0.25) is 0 Å². The van der Waals surface area contributed by atoms with E-state index in [1.807, 2.05) is 0 Å². The van der Waals surface area contributed by atoms with Crippen molar-refractivity contribution in [2.75, 3.05) is 25.1 Å². The van der Waals surface area contributed by atoms with Gasteiger partial charge in [0.15, 0.2) is 0 Å². The van der Waals surface area contributed by atoms with E-state index in [9.17, 15) is 4.79 Å². The first kappa shape index (κ1) is 12.7. The van der Waals surface area contributed by atoms with Crippen LogP contribution in [-0.4, -0.2) is 31.3 Å². The van der Waals surface area contributed by atoms with E-state index in [0.29, 0.717) is 5.56 Å². The molecule has 0 bridgehead atoms. The predicted octanol–water partition coefficient (Wildman–Crippen LogP) is 2.63. The molecule has 1 saturated heterocycles. The van der Waals surface area contributed by atoms with Gasteiger partial charge in [-0.15, -0.1) is 0 Å². The summed E-state index contributed by atoms with van der Waals surface area (Å²) in [6.45, 7) is 4.18. The van der Waals surface area contributed by atoms with Crippen LogP contribution in [0.2, 0.25) is 0 Å². The van der Waals surface area contributed by atoms with Crippen molar-refractivity contribution in [2.45, 2.75) is 19.8 Å². The van der Waals surface area contributed by atoms with Crippen molar-refractivity contribution in [3.8, 4) is 5.75 Å². The molecular weight excluding hydrogens is 230 g/mol. The molecule has 1 heterocycles. The molecule has 0 aliphatic carbocycles. The van der Waals surface area contributed by atoms with Crippen molar-refractivity contribution < 1.29 is 14.6 Å². The highest BCUT2D eigenvalue weighted by molar-refractivity contribution is 5.89. The van der Waals surface area contributed by atoms with Crippen molar-refractivity contribution >= 4 is 11.7 Å². The fourth-order valence-electron chi connectivity index (χ4n) is 2.43. The zero-order valence-corrected chi connectivity index (χ0v) is 10.8. The number of rotatable bonds is 5. The van der Waals surface area contributed by atoms with Crippen LogP contribution < -0.4 is 9.64 Å². The third-order valence-corrected chi connectivity index (χ3v) is 3.42. The number of hydrogen-bond donors (Lipinski definition) is 1. The Kier molecular flexibility index (Phi) is 3.75. The van der Waals surface area contributed by atoms with Crippen molar-refractivity contribution in [1.29, 1.82) is 0 Å². The first-order valence-electron chi connectivity index (χ1n) is 6.32. The van der Waals surface area contributed by atoms with Gasteiger partial charge in [-0.1, -0.05) is 13.3 Å². The number of anilines is 1. The number of nitrogens with zero attached hydrogens (tertiary/aromatic N) is 1. The molecule has 4 heteroatoms. The Balaban J connectivity index is 2.16. The Hall–Kier alpha value is -1.71. The molecule has 0 spiro atoms. The smallest absolute Gasteiger partial charge is 0.335 e. The van der Waals surface area contributed by atoms with E-state index in [4.69, 9.17) is 9.84 Å². The maximum absolute atomic E-state index is 11.0. The van der Waals surface area contributed by atoms with E-state index in [0.717, 1.165) is 30.4 Å². The lowest BCUT2D eigenvalue weighted by molar-refractivity contribution is 0.0697. The lowest BCUT2D eigenvalue weighted by atomic mass is 9.94. The molecule has 98 valence electrons. The second-order valence-electron chi connectivity index (χ2n) is 4.75. The molecule has 1 aromatic carbocycles. The monoisotopic (exact) mass is 249 g/mol. The minimum absolute atomic E-state index is 0.310. The van der Waals surface area contributed by atoms with Gasteiger partial charge in [0.25, 0.3) is 0 Å². The molecule has 1 aromatic rings. The summed E-state index contributed by atoms with van der Waals surface area (Å²) in [7, 11) is 1.61. The summed E-state index contributed by atoms with van der Waals surface area (Å²) in [5.41, 5.74) is 1.20. The average molecular weight is 249 g/mol. The Bertz CT molecular complexity index is 439. The van der Waals surface area contributed by atoms with E-state index in [2.05, 4.69) is 11.8 Å². The Labute approximate surface area is 107 Å². The van der Waals surface area contributed by atoms with Crippen LogP contribution in [0.4, 0.5) is 5.69 Å². The van der Waals surface area contributed by atoms with Crippen molar-refractivity contribution in [1.82, 2.24) is 0 Å². The van der Waals surface area contributed by atoms with Gasteiger partial charge in [0.2, 0.25) is 0 Å². The van der Waals surface area contributed by atoms with E-state index in [1.54, 1.807) is 25.3 Å². The van der Waals surface area contributed by atoms with Gasteiger partial charge in [0.05, 0.1) is 18.4 Å². The highest BCUT2D eigenvalue weighted by Crippen LogP contribution is 2.35. The highest BCUT2D eigenvalue weighted by Gasteiger charge is 2.28. The predicted molar refractivity (Wildman–Crippen MR) is 70.6 cm³/mol. The third kappa shape index (κ3) is 2.42. The van der Waals surface area contributed by atoms with Crippen LogP contribution in [0, 0.1) is 5.92 Å². The summed E-state index contributed by atoms with van der Waals surface area (Å²) < 4.78 is 5.30. The van der Waals surface area contributed by atoms with E-state index < -0.39 is 5.97 Å². The van der Waals surface area contributed by atoms with Gasteiger partial charge in [-0.05, 0) is 30.5 Å². The van der Waals surface area contributed by atoms with Crippen LogP contribution in [0.3, 0.4) is 0 Å². The van der Waals surface area contributed by atoms with Gasteiger partial charge in [-0.25, -0.2) is 4.79 Å². The molecule has 18 heavy (non-hydrogen) atoms. The van der Waals surface area contributed by atoms with Crippen LogP contribution >= 0.6 is 0 Å². The molecule has 0 atom stereocenters. The molecule has 1 N–H and O–H groups in total. The summed E-state index contributed by atoms with van der Waals surface area (Å²) in [6, 6.07) is 5.00. The number of aromatic carboxylic acids is 1. The van der Waals surface area contributed by atoms with Crippen molar-refractivity contribution in [3.63, 3.8) is 0 Å². The van der Waals surface area contributed by atoms with Gasteiger partial charge in [-0.2, -0.15) is 0 Å². The minimum Gasteiger partial charge on any atom is -0.495 e. The first-order chi connectivity index (χ1) is 8.65. The summed E-state index contributed by atoms with van der Waals surface area (Å²) in [5.74, 6) is 0.577. The number of carbonyl (C=O) groups is 1. The summed E-state index contributed by atoms with van der Waals surface area (Å²) in [5, 5.41) is 9.02. The van der Waals surface area contributed by atoms with Crippen LogP contribution in [0.5, 0.6) is 5.75 Å². The number of methoxy groups -OCH3 is 1. The average Bonchev–Trinajstić information content (AvgIpc) is 2.32. The normalized spacial score (nSPS) is 15.3. The van der Waals surface area contributed by atoms with Gasteiger partial charge >= 0.3 is 5.97 Å². The largest absolute Gasteiger partial charge is 0.495 e. The number of ether oxygens (including phenoxy) is 1. The van der Waals surface area contributed by atoms with Crippen molar-refractivity contribution in [3.05, 3.63) is 23.8 Å². The molecule has 4 nitrogen and oxygen atoms in total. The number of carboxylic acid groups (broad SMARTS) is 1. The molecule has 0 saturated carbocycles. The second-order valence-corrected chi connectivity index (χ2v) is 4.75. The molecular formula is C14H19NO3. The minimum atomic E-state index is -0.899. The van der Waals surface area contributed by atoms with Gasteiger partial charge in [0, 0.05) is 13.1 Å². The fourth-order valence-corrected chi connectivity index (χ4v) is 2.43. The molecule has 0 unspecified atom stereocenters. The van der Waals surface area contributed by atoms with Gasteiger partial charge < -0.3 is 14.7 Å². The molecule has 1 fully saturated rings. The van der Waals surface area contributed by atoms with E-state index in [-0.39, 0.29) is 0 Å². The maximum atomic E-state index is 11.0. The molecule has 0 radical (unpaired) electrons. The summed E-state index contributed by atoms with van der Waals surface area (Å²) in [4.78, 5) is 13.2. The van der Waals surface area contributed by atoms with Gasteiger partial charge in [0.1, 0.15) is 5.75 Å². The SMILES string of the molecule is CCCC1CN(c2cc(C(=O)O)ccc2OC)C1. The molecule has 0 aromatic heterocycles. The topological polar surface area (TPSA) is 49.8 Å². The Morgan fingerprint density at radius 3 is 2.78 bits per heavy atom. The van der Waals surface area contributed by atoms with Crippen LogP contribution in [0.25, 0.3) is 0 Å². The molecule has 2 rings (SSSR count). The Morgan fingerprint density at radius 1 is 1.50 bits per heavy atom. The third-order valence-electron chi connectivity index (χ3n) is 3.42. The highest BCUT2D eigenvalue weighted by atomic mass is 16.5. The standard InChI is InChI=1S/C14H19NO3/c1-3-4-10-8-15(9-10)12-7-11(14(16)17)5-6-13(12)18-2/h5-7,10H,3-4,8-9H2,1-2H3,(H,16,17). The molecule has 0 amide bonds. The lowest BCUT2D eigenvalue weighted by Crippen LogP contribution is -2.46. The summed E-state index contributed by atoms with van der Waals surface area (Å²) in [6.07, 6.45) is 2.43. The molecule has 1 aliphatic rings. The van der Waals surface area contributed by atoms with Crippen molar-refractivity contribution in [2.24, 2.45) is 5.92 Å². The fraction of sp³-hybridized carbons (Fsp3) is 0.500. The zero-order chi connectivity index (χ0) is 13.1. The summed E-state index contributed by atoms with van der Waals surface area (Å²) >= 11 is 0. The zero-order valence-electron chi connectivity index (χ0n) is 10.8. The van der Waals surface area contributed by atoms with Crippen LogP contribution in [0.15, 0.2) is 18.2 Å². The maximum Gasteiger partial charge on any atom is 0.335 e. The first-order valence-corrected chi connectivity index (χ1v) is 6.32. The number of carboxylic acids is 1. The lowest BCUT2D eigenvalue weighted by Gasteiger charge is -2.41.